The first kappa shape index (κ1) is 53.9. The van der Waals surface area contributed by atoms with Crippen LogP contribution in [0, 0.1) is 5.82 Å². The third-order valence-corrected chi connectivity index (χ3v) is 10.8. The molecule has 0 radical (unpaired) electrons. The Morgan fingerprint density at radius 1 is 0.841 bits per heavy atom. The molecule has 13 nitrogen and oxygen atoms in total. The normalized spacial score (nSPS) is 13.9. The molecule has 346 valence electrons. The summed E-state index contributed by atoms with van der Waals surface area (Å²) in [5, 5.41) is 36.4. The molecule has 2 aromatic rings. The van der Waals surface area contributed by atoms with E-state index in [0.717, 1.165) is 55.5 Å². The number of rotatable bonds is 30. The number of allylic oxidation sites excluding steroid dienone is 10. The second kappa shape index (κ2) is 29.9. The van der Waals surface area contributed by atoms with Crippen LogP contribution in [0.3, 0.4) is 0 Å². The summed E-state index contributed by atoms with van der Waals surface area (Å²) in [6.45, 7) is 6.19. The lowest BCUT2D eigenvalue weighted by molar-refractivity contribution is -0.142. The number of sulfonamides is 1. The number of carbonyl (C=O) groups is 3. The van der Waals surface area contributed by atoms with Gasteiger partial charge < -0.3 is 26.0 Å². The number of hydrogen-bond donors (Lipinski definition) is 5. The number of benzene rings is 1. The Morgan fingerprint density at radius 3 is 1.98 bits per heavy atom. The number of unbranched alkanes of at least 4 members (excludes halogenated alkanes) is 2. The van der Waals surface area contributed by atoms with Crippen molar-refractivity contribution in [3.63, 3.8) is 0 Å². The minimum absolute atomic E-state index is 0.0752. The summed E-state index contributed by atoms with van der Waals surface area (Å²) in [5.74, 6) is -2.81. The maximum absolute atomic E-state index is 13.8. The number of nitrogens with zero attached hydrogens (tertiary/aromatic N) is 3. The second-order valence-corrected chi connectivity index (χ2v) is 17.5. The van der Waals surface area contributed by atoms with Gasteiger partial charge in [-0.25, -0.2) is 31.9 Å². The Hall–Kier alpha value is -5.25. The zero-order valence-electron chi connectivity index (χ0n) is 37.5. The number of hydrogen-bond acceptors (Lipinski definition) is 9. The first-order valence-electron chi connectivity index (χ1n) is 21.7. The molecule has 15 heteroatoms. The predicted molar refractivity (Wildman–Crippen MR) is 250 cm³/mol. The number of carboxylic acid groups (broad SMARTS) is 1. The van der Waals surface area contributed by atoms with E-state index in [0.29, 0.717) is 42.6 Å². The van der Waals surface area contributed by atoms with E-state index in [-0.39, 0.29) is 36.3 Å². The van der Waals surface area contributed by atoms with Crippen LogP contribution in [0.2, 0.25) is 0 Å². The van der Waals surface area contributed by atoms with Crippen LogP contribution in [0.15, 0.2) is 91.1 Å². The Kier molecular flexibility index (Phi) is 25.6. The van der Waals surface area contributed by atoms with Crippen LogP contribution in [0.25, 0.3) is 17.3 Å². The molecule has 0 bridgehead atoms. The minimum Gasteiger partial charge on any atom is -0.480 e. The molecular formula is C48H68FN5O8S. The van der Waals surface area contributed by atoms with Gasteiger partial charge in [0.25, 0.3) is 0 Å². The van der Waals surface area contributed by atoms with Crippen molar-refractivity contribution >= 4 is 39.8 Å². The third-order valence-electron chi connectivity index (χ3n) is 9.63. The van der Waals surface area contributed by atoms with Gasteiger partial charge in [-0.15, -0.1) is 0 Å². The van der Waals surface area contributed by atoms with E-state index in [1.807, 2.05) is 13.8 Å². The highest BCUT2D eigenvalue weighted by atomic mass is 32.2. The number of amides is 2. The predicted octanol–water partition coefficient (Wildman–Crippen LogP) is 8.09. The lowest BCUT2D eigenvalue weighted by Gasteiger charge is -2.20. The van der Waals surface area contributed by atoms with Gasteiger partial charge in [-0.3, -0.25) is 9.59 Å². The SMILES string of the molecule is CCC=CCC=CCC=CCC=CCC=CCCCC(=O)NCCCCC(NC(=O)C[C@H](O)C[C@H](O)C=Cc1c(-c2ccc(F)cc2)nc(N(C)S(C)(=O)=O)nc1C(C)C)C(=O)O. The fourth-order valence-corrected chi connectivity index (χ4v) is 6.49. The molecule has 2 amide bonds. The van der Waals surface area contributed by atoms with Crippen molar-refractivity contribution in [2.45, 2.75) is 128 Å². The summed E-state index contributed by atoms with van der Waals surface area (Å²) in [7, 11) is -2.40. The van der Waals surface area contributed by atoms with Gasteiger partial charge in [-0.05, 0) is 94.4 Å². The highest BCUT2D eigenvalue weighted by Crippen LogP contribution is 2.32. The van der Waals surface area contributed by atoms with Gasteiger partial charge in [-0.2, -0.15) is 0 Å². The molecule has 2 rings (SSSR count). The van der Waals surface area contributed by atoms with Crippen LogP contribution in [0.5, 0.6) is 0 Å². The first-order valence-corrected chi connectivity index (χ1v) is 23.6. The molecule has 0 aliphatic carbocycles. The third kappa shape index (κ3) is 22.6. The monoisotopic (exact) mass is 893 g/mol. The van der Waals surface area contributed by atoms with Crippen molar-refractivity contribution < 1.29 is 42.5 Å². The number of anilines is 1. The van der Waals surface area contributed by atoms with Gasteiger partial charge in [0.2, 0.25) is 27.8 Å². The van der Waals surface area contributed by atoms with Crippen LogP contribution in [0.4, 0.5) is 10.3 Å². The number of halogens is 1. The Balaban J connectivity index is 1.78. The largest absolute Gasteiger partial charge is 0.480 e. The van der Waals surface area contributed by atoms with E-state index in [2.05, 4.69) is 88.3 Å². The maximum Gasteiger partial charge on any atom is 0.326 e. The molecular weight excluding hydrogens is 826 g/mol. The zero-order valence-corrected chi connectivity index (χ0v) is 38.3. The molecule has 0 aliphatic rings. The molecule has 1 aromatic heterocycles. The summed E-state index contributed by atoms with van der Waals surface area (Å²) in [5.41, 5.74) is 1.65. The molecule has 3 atom stereocenters. The lowest BCUT2D eigenvalue weighted by Crippen LogP contribution is -2.42. The first-order chi connectivity index (χ1) is 30.0. The van der Waals surface area contributed by atoms with Crippen molar-refractivity contribution in [2.24, 2.45) is 0 Å². The molecule has 0 fully saturated rings. The molecule has 1 heterocycles. The van der Waals surface area contributed by atoms with E-state index in [4.69, 9.17) is 0 Å². The summed E-state index contributed by atoms with van der Waals surface area (Å²) >= 11 is 0. The van der Waals surface area contributed by atoms with E-state index in [9.17, 15) is 42.5 Å². The van der Waals surface area contributed by atoms with Crippen LogP contribution >= 0.6 is 0 Å². The molecule has 0 aliphatic heterocycles. The van der Waals surface area contributed by atoms with Crippen LogP contribution in [-0.2, 0) is 24.4 Å². The van der Waals surface area contributed by atoms with Crippen molar-refractivity contribution in [1.82, 2.24) is 20.6 Å². The summed E-state index contributed by atoms with van der Waals surface area (Å²) in [6, 6.07) is 4.26. The summed E-state index contributed by atoms with van der Waals surface area (Å²) < 4.78 is 39.4. The molecule has 1 aromatic carbocycles. The minimum atomic E-state index is -3.72. The number of aliphatic hydroxyl groups excluding tert-OH is 2. The average Bonchev–Trinajstić information content (AvgIpc) is 3.22. The lowest BCUT2D eigenvalue weighted by atomic mass is 9.97. The van der Waals surface area contributed by atoms with Gasteiger partial charge >= 0.3 is 5.97 Å². The number of aliphatic carboxylic acids is 1. The van der Waals surface area contributed by atoms with Crippen molar-refractivity contribution in [2.75, 3.05) is 24.2 Å². The fourth-order valence-electron chi connectivity index (χ4n) is 6.11. The standard InChI is InChI=1S/C48H68FN5O8S/c1-6-7-8-9-10-11-12-13-14-15-16-17-18-19-20-21-22-26-43(57)50-33-24-23-25-42(47(59)60)51-44(58)35-40(56)34-39(55)31-32-41-45(36(2)3)52-48(54(4)63(5,61)62)53-46(41)37-27-29-38(49)30-28-37/h7-8,10-11,13-14,16-17,19-20,27-32,36,39-40,42,55-56H,6,9,12,15,18,21-26,33-35H2,1-5H3,(H,50,57)(H,51,58)(H,59,60)/t39-,40-,42?/m1/s1. The van der Waals surface area contributed by atoms with Gasteiger partial charge in [-0.1, -0.05) is 93.7 Å². The topological polar surface area (TPSA) is 199 Å². The van der Waals surface area contributed by atoms with E-state index in [1.165, 1.54) is 43.5 Å². The molecule has 63 heavy (non-hydrogen) atoms. The van der Waals surface area contributed by atoms with E-state index < -0.39 is 52.4 Å². The second-order valence-electron chi connectivity index (χ2n) is 15.5. The van der Waals surface area contributed by atoms with Crippen LogP contribution in [-0.4, -0.2) is 89.6 Å². The average molecular weight is 894 g/mol. The van der Waals surface area contributed by atoms with Crippen molar-refractivity contribution in [3.8, 4) is 11.3 Å². The molecule has 0 saturated carbocycles. The van der Waals surface area contributed by atoms with Gasteiger partial charge in [0.15, 0.2) is 0 Å². The van der Waals surface area contributed by atoms with Crippen molar-refractivity contribution in [1.29, 1.82) is 0 Å². The summed E-state index contributed by atoms with van der Waals surface area (Å²) in [4.78, 5) is 45.8. The number of nitrogens with one attached hydrogen (secondary N) is 2. The quantitative estimate of drug-likeness (QED) is 0.0377. The Bertz CT molecular complexity index is 2010. The highest BCUT2D eigenvalue weighted by molar-refractivity contribution is 7.92. The smallest absolute Gasteiger partial charge is 0.326 e. The van der Waals surface area contributed by atoms with Crippen LogP contribution in [0.1, 0.15) is 121 Å². The van der Waals surface area contributed by atoms with Gasteiger partial charge in [0.05, 0.1) is 36.3 Å². The number of carbonyl (C=O) groups excluding carboxylic acids is 2. The van der Waals surface area contributed by atoms with Gasteiger partial charge in [0.1, 0.15) is 11.9 Å². The zero-order chi connectivity index (χ0) is 46.6. The number of carboxylic acids is 1. The Morgan fingerprint density at radius 2 is 1.43 bits per heavy atom. The molecule has 1 unspecified atom stereocenters. The number of aliphatic hydroxyl groups is 2. The Labute approximate surface area is 373 Å². The van der Waals surface area contributed by atoms with Gasteiger partial charge in [0, 0.05) is 37.6 Å². The molecule has 0 saturated heterocycles. The summed E-state index contributed by atoms with van der Waals surface area (Å²) in [6.07, 6.45) is 29.7. The van der Waals surface area contributed by atoms with Crippen LogP contribution < -0.4 is 14.9 Å². The molecule has 0 spiro atoms. The number of aromatic nitrogens is 2. The fraction of sp³-hybridized carbons (Fsp3) is 0.479. The highest BCUT2D eigenvalue weighted by Gasteiger charge is 2.24. The van der Waals surface area contributed by atoms with Crippen molar-refractivity contribution in [3.05, 3.63) is 108 Å². The van der Waals surface area contributed by atoms with E-state index >= 15 is 0 Å². The molecule has 5 N–H and O–H groups in total. The van der Waals surface area contributed by atoms with E-state index in [1.54, 1.807) is 0 Å². The maximum atomic E-state index is 13.8.